The van der Waals surface area contributed by atoms with Crippen molar-refractivity contribution in [3.05, 3.63) is 57.6 Å². The van der Waals surface area contributed by atoms with Crippen LogP contribution in [0.5, 0.6) is 11.5 Å². The highest BCUT2D eigenvalue weighted by Gasteiger charge is 2.63. The number of rotatable bonds is 6. The van der Waals surface area contributed by atoms with Crippen LogP contribution in [0.25, 0.3) is 10.8 Å². The maximum Gasteiger partial charge on any atom is 0.255 e. The Morgan fingerprint density at radius 3 is 2.50 bits per heavy atom. The van der Waals surface area contributed by atoms with Gasteiger partial charge in [-0.15, -0.1) is 0 Å². The Labute approximate surface area is 253 Å². The number of nitrogens with one attached hydrogen (secondary N) is 1. The van der Waals surface area contributed by atoms with Crippen LogP contribution in [-0.2, 0) is 27.3 Å². The van der Waals surface area contributed by atoms with Gasteiger partial charge in [0.05, 0.1) is 12.7 Å². The van der Waals surface area contributed by atoms with Crippen LogP contribution in [0.4, 0.5) is 0 Å². The Bertz CT molecular complexity index is 1680. The minimum absolute atomic E-state index is 0.0542. The van der Waals surface area contributed by atoms with E-state index in [-0.39, 0.29) is 35.6 Å². The second kappa shape index (κ2) is 10.3. The van der Waals surface area contributed by atoms with E-state index in [4.69, 9.17) is 15.2 Å². The van der Waals surface area contributed by atoms with Gasteiger partial charge in [0, 0.05) is 59.5 Å². The molecule has 0 spiro atoms. The number of allylic oxidation sites excluding steroid dienone is 2. The zero-order valence-corrected chi connectivity index (χ0v) is 24.4. The smallest absolute Gasteiger partial charge is 0.255 e. The topological polar surface area (TPSA) is 189 Å². The van der Waals surface area contributed by atoms with Crippen molar-refractivity contribution in [3.8, 4) is 11.5 Å². The van der Waals surface area contributed by atoms with Crippen molar-refractivity contribution in [1.82, 2.24) is 5.32 Å². The van der Waals surface area contributed by atoms with Crippen molar-refractivity contribution in [2.45, 2.75) is 56.7 Å². The van der Waals surface area contributed by atoms with Gasteiger partial charge in [-0.2, -0.15) is 0 Å². The highest BCUT2D eigenvalue weighted by atomic mass is 16.5. The lowest BCUT2D eigenvalue weighted by Crippen LogP contribution is -2.61. The van der Waals surface area contributed by atoms with E-state index in [0.717, 1.165) is 18.4 Å². The summed E-state index contributed by atoms with van der Waals surface area (Å²) in [5, 5.41) is 51.1. The molecule has 2 aromatic rings. The summed E-state index contributed by atoms with van der Waals surface area (Å²) in [7, 11) is 1.50. The normalized spacial score (nSPS) is 29.0. The first-order valence-electron chi connectivity index (χ1n) is 15.2. The van der Waals surface area contributed by atoms with Gasteiger partial charge in [-0.3, -0.25) is 14.4 Å². The molecule has 2 fully saturated rings. The predicted octanol–water partition coefficient (Wildman–Crippen LogP) is 2.65. The van der Waals surface area contributed by atoms with Gasteiger partial charge < -0.3 is 41.0 Å². The van der Waals surface area contributed by atoms with Crippen molar-refractivity contribution in [2.75, 3.05) is 20.3 Å². The van der Waals surface area contributed by atoms with Crippen molar-refractivity contribution in [1.29, 1.82) is 0 Å². The third-order valence-electron chi connectivity index (χ3n) is 10.4. The number of fused-ring (bicyclic) bond motifs is 4. The number of carbonyl (C=O) groups excluding carboxylic acids is 3. The third-order valence-corrected chi connectivity index (χ3v) is 10.4. The van der Waals surface area contributed by atoms with E-state index in [1.807, 2.05) is 12.1 Å². The second-order valence-corrected chi connectivity index (χ2v) is 12.8. The van der Waals surface area contributed by atoms with Crippen LogP contribution in [0.15, 0.2) is 40.9 Å². The SMILES string of the molecule is COc1c2c(c(O)c3cc(CNC4CC4)ccc13)C(=O)C1=C(O)[C@]3(O)C(=O)C(C(N)=O)=C(O)C(C4CCOCC4)[C@@H]3C[C@@H]1C2. The summed E-state index contributed by atoms with van der Waals surface area (Å²) in [6.45, 7) is 1.38. The number of phenolic OH excluding ortho intramolecular Hbond substituents is 1. The number of benzene rings is 2. The number of aliphatic hydroxyl groups excluding tert-OH is 2. The monoisotopic (exact) mass is 604 g/mol. The number of hydrogen-bond donors (Lipinski definition) is 6. The summed E-state index contributed by atoms with van der Waals surface area (Å²) < 4.78 is 11.3. The summed E-state index contributed by atoms with van der Waals surface area (Å²) in [6, 6.07) is 6.09. The highest BCUT2D eigenvalue weighted by molar-refractivity contribution is 6.25. The quantitative estimate of drug-likeness (QED) is 0.268. The van der Waals surface area contributed by atoms with Gasteiger partial charge >= 0.3 is 0 Å². The number of aliphatic hydroxyl groups is 3. The Balaban J connectivity index is 1.38. The van der Waals surface area contributed by atoms with Crippen molar-refractivity contribution in [3.63, 3.8) is 0 Å². The molecule has 0 radical (unpaired) electrons. The van der Waals surface area contributed by atoms with E-state index < -0.39 is 57.9 Å². The number of nitrogens with two attached hydrogens (primary N) is 1. The number of phenols is 1. The molecule has 2 aromatic carbocycles. The van der Waals surface area contributed by atoms with Crippen molar-refractivity contribution >= 4 is 28.2 Å². The molecule has 4 aliphatic carbocycles. The standard InChI is InChI=1S/C33H36N2O9/c1-43-29-18-5-2-14(13-35-17-3-4-17)10-19(18)26(36)24-20(29)11-16-12-21-22(15-6-8-44-9-7-15)27(37)25(32(34)41)31(40)33(21,42)30(39)23(16)28(24)38/h2,5,10,15-17,21-22,35-37,39,42H,3-4,6-9,11-13H2,1H3,(H2,34,41)/t16-,21-,22?,33-/m0/s1. The fraction of sp³-hybridized carbons (Fsp3) is 0.485. The van der Waals surface area contributed by atoms with Crippen LogP contribution in [0.2, 0.25) is 0 Å². The van der Waals surface area contributed by atoms with Crippen LogP contribution >= 0.6 is 0 Å². The zero-order valence-electron chi connectivity index (χ0n) is 24.4. The van der Waals surface area contributed by atoms with Crippen LogP contribution in [0.1, 0.15) is 53.6 Å². The highest BCUT2D eigenvalue weighted by Crippen LogP contribution is 2.57. The van der Waals surface area contributed by atoms with Crippen molar-refractivity contribution < 1.29 is 44.3 Å². The number of aromatic hydroxyl groups is 1. The predicted molar refractivity (Wildman–Crippen MR) is 157 cm³/mol. The lowest BCUT2D eigenvalue weighted by Gasteiger charge is -2.51. The lowest BCUT2D eigenvalue weighted by atomic mass is 9.54. The number of methoxy groups -OCH3 is 1. The van der Waals surface area contributed by atoms with Crippen LogP contribution in [0, 0.1) is 23.7 Å². The molecule has 0 bridgehead atoms. The molecule has 1 aliphatic heterocycles. The Morgan fingerprint density at radius 1 is 1.11 bits per heavy atom. The summed E-state index contributed by atoms with van der Waals surface area (Å²) in [5.41, 5.74) is 3.23. The molecule has 1 amide bonds. The van der Waals surface area contributed by atoms with Gasteiger partial charge in [0.15, 0.2) is 11.4 Å². The summed E-state index contributed by atoms with van der Waals surface area (Å²) in [5.74, 6) is -7.21. The average Bonchev–Trinajstić information content (AvgIpc) is 3.83. The van der Waals surface area contributed by atoms with Crippen LogP contribution < -0.4 is 15.8 Å². The van der Waals surface area contributed by atoms with E-state index in [9.17, 15) is 34.8 Å². The lowest BCUT2D eigenvalue weighted by molar-refractivity contribution is -0.151. The van der Waals surface area contributed by atoms with Gasteiger partial charge in [-0.25, -0.2) is 0 Å². The molecule has 1 heterocycles. The number of ether oxygens (including phenoxy) is 2. The Morgan fingerprint density at radius 2 is 1.84 bits per heavy atom. The van der Waals surface area contributed by atoms with Gasteiger partial charge in [0.1, 0.15) is 28.6 Å². The number of primary amides is 1. The zero-order chi connectivity index (χ0) is 31.1. The fourth-order valence-corrected chi connectivity index (χ4v) is 8.11. The fourth-order valence-electron chi connectivity index (χ4n) is 8.11. The Hall–Kier alpha value is -3.93. The largest absolute Gasteiger partial charge is 0.511 e. The minimum Gasteiger partial charge on any atom is -0.511 e. The number of amides is 1. The van der Waals surface area contributed by atoms with E-state index in [1.54, 1.807) is 6.07 Å². The van der Waals surface area contributed by atoms with Gasteiger partial charge in [-0.1, -0.05) is 12.1 Å². The Kier molecular flexibility index (Phi) is 6.76. The third kappa shape index (κ3) is 4.09. The first-order chi connectivity index (χ1) is 21.1. The average molecular weight is 605 g/mol. The first-order valence-corrected chi connectivity index (χ1v) is 15.2. The minimum atomic E-state index is -2.66. The maximum atomic E-state index is 14.3. The molecule has 1 saturated heterocycles. The molecule has 7 N–H and O–H groups in total. The van der Waals surface area contributed by atoms with Gasteiger partial charge in [0.2, 0.25) is 5.78 Å². The molecular weight excluding hydrogens is 568 g/mol. The van der Waals surface area contributed by atoms with E-state index in [1.165, 1.54) is 7.11 Å². The number of hydrogen-bond acceptors (Lipinski definition) is 10. The number of carbonyl (C=O) groups is 3. The molecule has 11 heteroatoms. The molecule has 232 valence electrons. The van der Waals surface area contributed by atoms with E-state index >= 15 is 0 Å². The molecule has 5 aliphatic rings. The molecule has 44 heavy (non-hydrogen) atoms. The van der Waals surface area contributed by atoms with E-state index in [0.29, 0.717) is 60.7 Å². The molecule has 4 atom stereocenters. The summed E-state index contributed by atoms with van der Waals surface area (Å²) in [6.07, 6.45) is 3.46. The van der Waals surface area contributed by atoms with E-state index in [2.05, 4.69) is 5.32 Å². The molecule has 7 rings (SSSR count). The number of Topliss-reactive ketones (excluding diaryl/α,β-unsaturated/α-hetero) is 2. The van der Waals surface area contributed by atoms with Crippen LogP contribution in [-0.4, -0.2) is 69.9 Å². The molecule has 1 saturated carbocycles. The number of ketones is 2. The maximum absolute atomic E-state index is 14.3. The molecule has 0 aromatic heterocycles. The summed E-state index contributed by atoms with van der Waals surface area (Å²) in [4.78, 5) is 40.4. The van der Waals surface area contributed by atoms with Gasteiger partial charge in [-0.05, 0) is 62.0 Å². The summed E-state index contributed by atoms with van der Waals surface area (Å²) >= 11 is 0. The second-order valence-electron chi connectivity index (χ2n) is 12.8. The first kappa shape index (κ1) is 28.8. The van der Waals surface area contributed by atoms with Crippen LogP contribution in [0.3, 0.4) is 0 Å². The van der Waals surface area contributed by atoms with Crippen molar-refractivity contribution in [2.24, 2.45) is 29.4 Å². The molecule has 1 unspecified atom stereocenters. The van der Waals surface area contributed by atoms with Gasteiger partial charge in [0.25, 0.3) is 5.91 Å². The molecule has 11 nitrogen and oxygen atoms in total. The molecular formula is C33H36N2O9.